The van der Waals surface area contributed by atoms with Crippen LogP contribution in [-0.4, -0.2) is 9.55 Å². The molecule has 1 rings (SSSR count). The van der Waals surface area contributed by atoms with Crippen molar-refractivity contribution in [2.45, 2.75) is 303 Å². The van der Waals surface area contributed by atoms with Crippen LogP contribution in [0.3, 0.4) is 0 Å². The minimum Gasteiger partial charge on any atom is -0.332 e. The van der Waals surface area contributed by atoms with Crippen LogP contribution in [0.4, 0.5) is 0 Å². The van der Waals surface area contributed by atoms with Crippen LogP contribution in [0.25, 0.3) is 0 Å². The van der Waals surface area contributed by atoms with Gasteiger partial charge >= 0.3 is 0 Å². The van der Waals surface area contributed by atoms with Crippen molar-refractivity contribution in [2.75, 3.05) is 0 Å². The van der Waals surface area contributed by atoms with Gasteiger partial charge in [0.15, 0.2) is 0 Å². The van der Waals surface area contributed by atoms with Crippen molar-refractivity contribution >= 4 is 0 Å². The lowest BCUT2D eigenvalue weighted by Gasteiger charge is -2.22. The summed E-state index contributed by atoms with van der Waals surface area (Å²) in [5.74, 6) is 2.07. The summed E-state index contributed by atoms with van der Waals surface area (Å²) in [6.45, 7) is 9.42. The van der Waals surface area contributed by atoms with Gasteiger partial charge in [-0.25, -0.2) is 4.98 Å². The molecule has 0 amide bonds. The Balaban J connectivity index is 2.33. The molecule has 0 aliphatic heterocycles. The van der Waals surface area contributed by atoms with Gasteiger partial charge in [0.05, 0.1) is 0 Å². The second-order valence-electron chi connectivity index (χ2n) is 17.5. The van der Waals surface area contributed by atoms with E-state index >= 15 is 0 Å². The molecule has 1 aromatic heterocycles. The monoisotopic (exact) mass is 727 g/mol. The molecule has 2 nitrogen and oxygen atoms in total. The topological polar surface area (TPSA) is 17.8 Å². The van der Waals surface area contributed by atoms with E-state index in [2.05, 4.69) is 44.7 Å². The van der Waals surface area contributed by atoms with Gasteiger partial charge in [-0.1, -0.05) is 265 Å². The standard InChI is InChI=1S/C50H98N2/c1-5-8-11-14-17-20-22-24-26-28-30-33-36-39-42-45-49(44-41-38-35-31-19-16-13-10-7-3)50-51-46-47-52(50)48(4)43-40-37-34-32-29-27-25-23-21-18-15-12-9-6-2/h46-49H,5-45H2,1-4H3. The average Bonchev–Trinajstić information content (AvgIpc) is 3.65. The molecule has 0 fully saturated rings. The third kappa shape index (κ3) is 30.5. The van der Waals surface area contributed by atoms with E-state index in [-0.39, 0.29) is 0 Å². The van der Waals surface area contributed by atoms with E-state index in [1.807, 2.05) is 0 Å². The smallest absolute Gasteiger partial charge is 0.111 e. The van der Waals surface area contributed by atoms with Crippen molar-refractivity contribution in [2.24, 2.45) is 0 Å². The van der Waals surface area contributed by atoms with Crippen LogP contribution >= 0.6 is 0 Å². The Kier molecular flexibility index (Phi) is 37.8. The molecule has 0 aromatic carbocycles. The number of imidazole rings is 1. The highest BCUT2D eigenvalue weighted by Crippen LogP contribution is 2.31. The molecule has 52 heavy (non-hydrogen) atoms. The normalized spacial score (nSPS) is 12.9. The number of hydrogen-bond acceptors (Lipinski definition) is 1. The molecule has 0 aliphatic carbocycles. The Hall–Kier alpha value is -0.790. The molecule has 2 atom stereocenters. The van der Waals surface area contributed by atoms with E-state index in [1.54, 1.807) is 0 Å². The third-order valence-corrected chi connectivity index (χ3v) is 12.3. The van der Waals surface area contributed by atoms with Crippen LogP contribution in [0.2, 0.25) is 0 Å². The fourth-order valence-corrected chi connectivity index (χ4v) is 8.65. The minimum atomic E-state index is 0.585. The van der Waals surface area contributed by atoms with E-state index in [0.717, 1.165) is 0 Å². The van der Waals surface area contributed by atoms with Crippen LogP contribution in [0.1, 0.15) is 309 Å². The zero-order valence-electron chi connectivity index (χ0n) is 36.7. The highest BCUT2D eigenvalue weighted by atomic mass is 15.1. The predicted octanol–water partition coefficient (Wildman–Crippen LogP) is 18.6. The highest BCUT2D eigenvalue weighted by molar-refractivity contribution is 5.02. The molecule has 2 unspecified atom stereocenters. The maximum Gasteiger partial charge on any atom is 0.111 e. The Morgan fingerprint density at radius 1 is 0.365 bits per heavy atom. The van der Waals surface area contributed by atoms with Gasteiger partial charge in [-0.15, -0.1) is 0 Å². The molecule has 2 heteroatoms. The SMILES string of the molecule is CCCCCCCCCCCCCCCCCC(CCCCCCCCCCC)c1nccn1C(C)CCCCCCCCCCCCCCCC. The number of nitrogens with zero attached hydrogens (tertiary/aromatic N) is 2. The number of unbranched alkanes of at least 4 members (excludes halogenated alkanes) is 35. The van der Waals surface area contributed by atoms with E-state index in [4.69, 9.17) is 4.98 Å². The van der Waals surface area contributed by atoms with Crippen LogP contribution in [-0.2, 0) is 0 Å². The quantitative estimate of drug-likeness (QED) is 0.0613. The predicted molar refractivity (Wildman–Crippen MR) is 236 cm³/mol. The second kappa shape index (κ2) is 39.9. The first-order chi connectivity index (χ1) is 25.7. The van der Waals surface area contributed by atoms with Gasteiger partial charge in [0.25, 0.3) is 0 Å². The number of rotatable bonds is 43. The molecular weight excluding hydrogens is 629 g/mol. The van der Waals surface area contributed by atoms with Crippen molar-refractivity contribution in [3.05, 3.63) is 18.2 Å². The average molecular weight is 727 g/mol. The summed E-state index contributed by atoms with van der Waals surface area (Å²) >= 11 is 0. The highest BCUT2D eigenvalue weighted by Gasteiger charge is 2.19. The van der Waals surface area contributed by atoms with Crippen LogP contribution < -0.4 is 0 Å². The summed E-state index contributed by atoms with van der Waals surface area (Å²) in [5.41, 5.74) is 0. The molecule has 0 saturated carbocycles. The van der Waals surface area contributed by atoms with Crippen LogP contribution in [0.15, 0.2) is 12.4 Å². The van der Waals surface area contributed by atoms with Gasteiger partial charge in [0.1, 0.15) is 5.82 Å². The zero-order chi connectivity index (χ0) is 37.4. The van der Waals surface area contributed by atoms with E-state index in [0.29, 0.717) is 12.0 Å². The Bertz CT molecular complexity index is 798. The summed E-state index contributed by atoms with van der Waals surface area (Å²) < 4.78 is 2.60. The molecule has 0 aliphatic rings. The molecule has 0 spiro atoms. The first-order valence-electron chi connectivity index (χ1n) is 24.8. The fraction of sp³-hybridized carbons (Fsp3) is 0.940. The van der Waals surface area contributed by atoms with Crippen molar-refractivity contribution in [3.63, 3.8) is 0 Å². The van der Waals surface area contributed by atoms with Crippen molar-refractivity contribution in [1.29, 1.82) is 0 Å². The van der Waals surface area contributed by atoms with E-state index < -0.39 is 0 Å². The molecule has 0 saturated heterocycles. The van der Waals surface area contributed by atoms with Gasteiger partial charge in [-0.2, -0.15) is 0 Å². The minimum absolute atomic E-state index is 0.585. The van der Waals surface area contributed by atoms with E-state index in [9.17, 15) is 0 Å². The Labute approximate surface area is 329 Å². The Morgan fingerprint density at radius 2 is 0.615 bits per heavy atom. The van der Waals surface area contributed by atoms with E-state index in [1.165, 1.54) is 269 Å². The van der Waals surface area contributed by atoms with Crippen LogP contribution in [0.5, 0.6) is 0 Å². The molecule has 1 heterocycles. The maximum atomic E-state index is 5.06. The molecule has 0 N–H and O–H groups in total. The molecular formula is C50H98N2. The summed E-state index contributed by atoms with van der Waals surface area (Å²) in [4.78, 5) is 5.06. The first kappa shape index (κ1) is 49.2. The second-order valence-corrected chi connectivity index (χ2v) is 17.5. The molecule has 0 bridgehead atoms. The zero-order valence-corrected chi connectivity index (χ0v) is 36.7. The lowest BCUT2D eigenvalue weighted by molar-refractivity contribution is 0.412. The van der Waals surface area contributed by atoms with Crippen molar-refractivity contribution in [3.8, 4) is 0 Å². The summed E-state index contributed by atoms with van der Waals surface area (Å²) in [5, 5.41) is 0. The first-order valence-corrected chi connectivity index (χ1v) is 24.8. The molecule has 308 valence electrons. The van der Waals surface area contributed by atoms with Gasteiger partial charge < -0.3 is 4.57 Å². The molecule has 1 aromatic rings. The Morgan fingerprint density at radius 3 is 0.904 bits per heavy atom. The van der Waals surface area contributed by atoms with Gasteiger partial charge in [0.2, 0.25) is 0 Å². The van der Waals surface area contributed by atoms with Crippen molar-refractivity contribution in [1.82, 2.24) is 9.55 Å². The summed E-state index contributed by atoms with van der Waals surface area (Å²) in [7, 11) is 0. The maximum absolute atomic E-state index is 5.06. The van der Waals surface area contributed by atoms with Crippen LogP contribution in [0, 0.1) is 0 Å². The van der Waals surface area contributed by atoms with Gasteiger partial charge in [-0.05, 0) is 26.2 Å². The number of hydrogen-bond donors (Lipinski definition) is 0. The lowest BCUT2D eigenvalue weighted by atomic mass is 9.92. The largest absolute Gasteiger partial charge is 0.332 e. The summed E-state index contributed by atoms with van der Waals surface area (Å²) in [6.07, 6.45) is 63.1. The number of aromatic nitrogens is 2. The van der Waals surface area contributed by atoms with Gasteiger partial charge in [-0.3, -0.25) is 0 Å². The summed E-state index contributed by atoms with van der Waals surface area (Å²) in [6, 6.07) is 0.585. The fourth-order valence-electron chi connectivity index (χ4n) is 8.65. The molecule has 0 radical (unpaired) electrons. The third-order valence-electron chi connectivity index (χ3n) is 12.3. The van der Waals surface area contributed by atoms with Crippen molar-refractivity contribution < 1.29 is 0 Å². The van der Waals surface area contributed by atoms with Gasteiger partial charge in [0, 0.05) is 24.4 Å². The lowest BCUT2D eigenvalue weighted by Crippen LogP contribution is -2.13.